The molecule has 2 aromatic rings. The Morgan fingerprint density at radius 3 is 2.60 bits per heavy atom. The molecule has 0 atom stereocenters. The first-order valence-electron chi connectivity index (χ1n) is 6.66. The van der Waals surface area contributed by atoms with E-state index < -0.39 is 0 Å². The highest BCUT2D eigenvalue weighted by molar-refractivity contribution is 7.10. The van der Waals surface area contributed by atoms with Crippen LogP contribution in [0.4, 0.5) is 0 Å². The third-order valence-electron chi connectivity index (χ3n) is 3.13. The standard InChI is InChI=1S/C16H20N2OS/c1-12-15(13-7-5-4-6-8-13)14(11-20-12)16(19)17-9-10-18(2)3/h4-8,11H,9-10H2,1-3H3,(H,17,19). The van der Waals surface area contributed by atoms with Gasteiger partial charge >= 0.3 is 0 Å². The summed E-state index contributed by atoms with van der Waals surface area (Å²) < 4.78 is 0. The summed E-state index contributed by atoms with van der Waals surface area (Å²) in [4.78, 5) is 15.5. The molecule has 0 saturated carbocycles. The average molecular weight is 288 g/mol. The molecule has 3 nitrogen and oxygen atoms in total. The number of amides is 1. The van der Waals surface area contributed by atoms with Crippen LogP contribution in [0, 0.1) is 6.92 Å². The summed E-state index contributed by atoms with van der Waals surface area (Å²) in [6, 6.07) is 10.1. The molecule has 106 valence electrons. The minimum absolute atomic E-state index is 0.00931. The smallest absolute Gasteiger partial charge is 0.252 e. The van der Waals surface area contributed by atoms with Crippen LogP contribution in [0.15, 0.2) is 35.7 Å². The lowest BCUT2D eigenvalue weighted by Crippen LogP contribution is -2.31. The first-order valence-corrected chi connectivity index (χ1v) is 7.54. The van der Waals surface area contributed by atoms with Gasteiger partial charge in [0, 0.05) is 28.9 Å². The van der Waals surface area contributed by atoms with Gasteiger partial charge in [0.1, 0.15) is 0 Å². The molecule has 4 heteroatoms. The van der Waals surface area contributed by atoms with E-state index in [9.17, 15) is 4.79 Å². The monoisotopic (exact) mass is 288 g/mol. The van der Waals surface area contributed by atoms with Crippen molar-refractivity contribution in [2.75, 3.05) is 27.2 Å². The summed E-state index contributed by atoms with van der Waals surface area (Å²) in [6.45, 7) is 3.56. The maximum absolute atomic E-state index is 12.3. The first-order chi connectivity index (χ1) is 9.59. The van der Waals surface area contributed by atoms with Gasteiger partial charge in [-0.25, -0.2) is 0 Å². The molecule has 0 radical (unpaired) electrons. The van der Waals surface area contributed by atoms with E-state index in [1.807, 2.05) is 49.8 Å². The molecule has 0 unspecified atom stereocenters. The van der Waals surface area contributed by atoms with Crippen molar-refractivity contribution < 1.29 is 4.79 Å². The molecule has 0 aliphatic carbocycles. The first kappa shape index (κ1) is 14.8. The minimum Gasteiger partial charge on any atom is -0.351 e. The Bertz CT molecular complexity index is 575. The molecular weight excluding hydrogens is 268 g/mol. The Labute approximate surface area is 124 Å². The lowest BCUT2D eigenvalue weighted by molar-refractivity contribution is 0.0952. The molecular formula is C16H20N2OS. The number of thiophene rings is 1. The zero-order valence-corrected chi connectivity index (χ0v) is 13.0. The quantitative estimate of drug-likeness (QED) is 0.917. The highest BCUT2D eigenvalue weighted by Gasteiger charge is 2.16. The Morgan fingerprint density at radius 2 is 1.95 bits per heavy atom. The van der Waals surface area contributed by atoms with Crippen LogP contribution >= 0.6 is 11.3 Å². The van der Waals surface area contributed by atoms with Crippen LogP contribution in [0.3, 0.4) is 0 Å². The van der Waals surface area contributed by atoms with Crippen molar-refractivity contribution in [3.05, 3.63) is 46.2 Å². The Morgan fingerprint density at radius 1 is 1.25 bits per heavy atom. The number of nitrogens with one attached hydrogen (secondary N) is 1. The number of hydrogen-bond acceptors (Lipinski definition) is 3. The molecule has 2 rings (SSSR count). The van der Waals surface area contributed by atoms with Gasteiger partial charge in [0.05, 0.1) is 5.56 Å². The Hall–Kier alpha value is -1.65. The molecule has 20 heavy (non-hydrogen) atoms. The van der Waals surface area contributed by atoms with Gasteiger partial charge in [0.25, 0.3) is 5.91 Å². The zero-order chi connectivity index (χ0) is 14.5. The van der Waals surface area contributed by atoms with E-state index in [1.165, 1.54) is 4.88 Å². The Balaban J connectivity index is 2.19. The summed E-state index contributed by atoms with van der Waals surface area (Å²) in [5.74, 6) is 0.00931. The number of benzene rings is 1. The SMILES string of the molecule is Cc1scc(C(=O)NCCN(C)C)c1-c1ccccc1. The number of hydrogen-bond donors (Lipinski definition) is 1. The van der Waals surface area contributed by atoms with E-state index in [4.69, 9.17) is 0 Å². The van der Waals surface area contributed by atoms with Gasteiger partial charge in [-0.2, -0.15) is 0 Å². The van der Waals surface area contributed by atoms with Crippen molar-refractivity contribution in [2.24, 2.45) is 0 Å². The minimum atomic E-state index is 0.00931. The van der Waals surface area contributed by atoms with Crippen LogP contribution in [0.25, 0.3) is 11.1 Å². The summed E-state index contributed by atoms with van der Waals surface area (Å²) in [5.41, 5.74) is 2.93. The molecule has 0 saturated heterocycles. The predicted octanol–water partition coefficient (Wildman–Crippen LogP) is 3.01. The van der Waals surface area contributed by atoms with Gasteiger partial charge in [0.2, 0.25) is 0 Å². The fourth-order valence-electron chi connectivity index (χ4n) is 2.07. The van der Waals surface area contributed by atoms with Crippen molar-refractivity contribution in [3.63, 3.8) is 0 Å². The second-order valence-corrected chi connectivity index (χ2v) is 6.09. The van der Waals surface area contributed by atoms with Crippen molar-refractivity contribution >= 4 is 17.2 Å². The van der Waals surface area contributed by atoms with E-state index >= 15 is 0 Å². The maximum Gasteiger partial charge on any atom is 0.252 e. The van der Waals surface area contributed by atoms with Crippen LogP contribution in [0.5, 0.6) is 0 Å². The number of likely N-dealkylation sites (N-methyl/N-ethyl adjacent to an activating group) is 1. The molecule has 0 fully saturated rings. The van der Waals surface area contributed by atoms with Crippen molar-refractivity contribution in [1.82, 2.24) is 10.2 Å². The highest BCUT2D eigenvalue weighted by Crippen LogP contribution is 2.32. The maximum atomic E-state index is 12.3. The van der Waals surface area contributed by atoms with Crippen molar-refractivity contribution in [1.29, 1.82) is 0 Å². The van der Waals surface area contributed by atoms with Crippen LogP contribution in [0.1, 0.15) is 15.2 Å². The molecule has 1 aromatic carbocycles. The molecule has 0 spiro atoms. The lowest BCUT2D eigenvalue weighted by Gasteiger charge is -2.11. The van der Waals surface area contributed by atoms with Crippen LogP contribution < -0.4 is 5.32 Å². The van der Waals surface area contributed by atoms with Gasteiger partial charge in [-0.3, -0.25) is 4.79 Å². The van der Waals surface area contributed by atoms with E-state index in [1.54, 1.807) is 11.3 Å². The van der Waals surface area contributed by atoms with E-state index in [2.05, 4.69) is 17.1 Å². The van der Waals surface area contributed by atoms with Crippen LogP contribution in [-0.2, 0) is 0 Å². The summed E-state index contributed by atoms with van der Waals surface area (Å²) in [5, 5.41) is 4.93. The van der Waals surface area contributed by atoms with Gasteiger partial charge in [-0.05, 0) is 26.6 Å². The molecule has 0 aliphatic heterocycles. The largest absolute Gasteiger partial charge is 0.351 e. The van der Waals surface area contributed by atoms with Gasteiger partial charge < -0.3 is 10.2 Å². The van der Waals surface area contributed by atoms with Gasteiger partial charge in [0.15, 0.2) is 0 Å². The fourth-order valence-corrected chi connectivity index (χ4v) is 2.94. The normalized spacial score (nSPS) is 10.8. The second kappa shape index (κ2) is 6.68. The Kier molecular flexibility index (Phi) is 4.93. The second-order valence-electron chi connectivity index (χ2n) is 5.01. The van der Waals surface area contributed by atoms with Crippen molar-refractivity contribution in [3.8, 4) is 11.1 Å². The predicted molar refractivity (Wildman–Crippen MR) is 85.4 cm³/mol. The van der Waals surface area contributed by atoms with Gasteiger partial charge in [-0.1, -0.05) is 30.3 Å². The van der Waals surface area contributed by atoms with E-state index in [0.717, 1.165) is 23.2 Å². The number of carbonyl (C=O) groups excluding carboxylic acids is 1. The van der Waals surface area contributed by atoms with Crippen molar-refractivity contribution in [2.45, 2.75) is 6.92 Å². The van der Waals surface area contributed by atoms with Crippen LogP contribution in [-0.4, -0.2) is 38.0 Å². The summed E-state index contributed by atoms with van der Waals surface area (Å²) >= 11 is 1.62. The lowest BCUT2D eigenvalue weighted by atomic mass is 10.0. The highest BCUT2D eigenvalue weighted by atomic mass is 32.1. The fraction of sp³-hybridized carbons (Fsp3) is 0.312. The molecule has 1 heterocycles. The molecule has 1 N–H and O–H groups in total. The number of nitrogens with zero attached hydrogens (tertiary/aromatic N) is 1. The molecule has 1 aromatic heterocycles. The van der Waals surface area contributed by atoms with E-state index in [-0.39, 0.29) is 5.91 Å². The zero-order valence-electron chi connectivity index (χ0n) is 12.1. The van der Waals surface area contributed by atoms with Gasteiger partial charge in [-0.15, -0.1) is 11.3 Å². The molecule has 0 bridgehead atoms. The van der Waals surface area contributed by atoms with E-state index in [0.29, 0.717) is 6.54 Å². The van der Waals surface area contributed by atoms with Crippen LogP contribution in [0.2, 0.25) is 0 Å². The average Bonchev–Trinajstić information content (AvgIpc) is 2.81. The molecule has 1 amide bonds. The molecule has 0 aliphatic rings. The number of carbonyl (C=O) groups is 1. The summed E-state index contributed by atoms with van der Waals surface area (Å²) in [7, 11) is 3.99. The topological polar surface area (TPSA) is 32.3 Å². The number of aryl methyl sites for hydroxylation is 1. The third-order valence-corrected chi connectivity index (χ3v) is 4.04. The summed E-state index contributed by atoms with van der Waals surface area (Å²) in [6.07, 6.45) is 0. The number of rotatable bonds is 5. The third kappa shape index (κ3) is 3.46.